The van der Waals surface area contributed by atoms with Crippen molar-refractivity contribution in [1.29, 1.82) is 0 Å². The van der Waals surface area contributed by atoms with E-state index in [1.165, 1.54) is 45.6 Å². The largest absolute Gasteiger partial charge is 0.465 e. The second kappa shape index (κ2) is 7.40. The molecule has 4 aliphatic rings. The number of primary amides is 1. The number of carbonyl (C=O) groups is 3. The fraction of sp³-hybridized carbons (Fsp3) is 0.667. The number of methoxy groups -OCH3 is 1. The first kappa shape index (κ1) is 20.3. The van der Waals surface area contributed by atoms with Gasteiger partial charge >= 0.3 is 5.97 Å². The van der Waals surface area contributed by atoms with Gasteiger partial charge in [-0.2, -0.15) is 0 Å². The first-order valence-corrected chi connectivity index (χ1v) is 11.1. The molecule has 29 heavy (non-hydrogen) atoms. The van der Waals surface area contributed by atoms with Gasteiger partial charge in [0.2, 0.25) is 5.91 Å². The highest BCUT2D eigenvalue weighted by molar-refractivity contribution is 7.18. The third-order valence-electron chi connectivity index (χ3n) is 7.21. The van der Waals surface area contributed by atoms with Gasteiger partial charge in [-0.25, -0.2) is 4.79 Å². The van der Waals surface area contributed by atoms with Crippen LogP contribution in [0, 0.1) is 24.7 Å². The molecule has 0 aliphatic heterocycles. The molecule has 4 saturated carbocycles. The van der Waals surface area contributed by atoms with Gasteiger partial charge in [0.15, 0.2) is 0 Å². The van der Waals surface area contributed by atoms with Crippen LogP contribution in [0.15, 0.2) is 0 Å². The molecule has 0 saturated heterocycles. The number of nitrogens with two attached hydrogens (primary N) is 1. The van der Waals surface area contributed by atoms with E-state index in [1.807, 2.05) is 7.05 Å². The Hall–Kier alpha value is -1.93. The molecule has 4 aliphatic carbocycles. The predicted molar refractivity (Wildman–Crippen MR) is 111 cm³/mol. The highest BCUT2D eigenvalue weighted by Gasteiger charge is 2.52. The fourth-order valence-electron chi connectivity index (χ4n) is 6.27. The second-order valence-electron chi connectivity index (χ2n) is 9.16. The Kier molecular flexibility index (Phi) is 5.19. The highest BCUT2D eigenvalue weighted by atomic mass is 32.1. The summed E-state index contributed by atoms with van der Waals surface area (Å²) in [5.41, 5.74) is 6.19. The number of rotatable bonds is 6. The zero-order valence-electron chi connectivity index (χ0n) is 17.2. The maximum atomic E-state index is 12.9. The van der Waals surface area contributed by atoms with Crippen LogP contribution < -0.4 is 11.1 Å². The number of thiophene rings is 1. The second-order valence-corrected chi connectivity index (χ2v) is 10.2. The van der Waals surface area contributed by atoms with Crippen molar-refractivity contribution in [3.63, 3.8) is 0 Å². The minimum atomic E-state index is -0.621. The molecule has 1 aromatic rings. The number of carbonyl (C=O) groups excluding carboxylic acids is 3. The Bertz CT molecular complexity index is 827. The Labute approximate surface area is 175 Å². The summed E-state index contributed by atoms with van der Waals surface area (Å²) in [6.45, 7) is 1.90. The van der Waals surface area contributed by atoms with E-state index in [1.54, 1.807) is 6.92 Å². The molecule has 0 radical (unpaired) electrons. The molecule has 2 amide bonds. The molecule has 3 N–H and O–H groups in total. The van der Waals surface area contributed by atoms with Crippen molar-refractivity contribution in [2.75, 3.05) is 26.0 Å². The Morgan fingerprint density at radius 2 is 1.72 bits per heavy atom. The topological polar surface area (TPSA) is 102 Å². The van der Waals surface area contributed by atoms with Crippen LogP contribution in [-0.4, -0.2) is 48.9 Å². The SMILES string of the molecule is COC(=O)c1c(NC(=O)CN(C)C23CC4CC(CC(C4)C2)C3)sc(C(N)=O)c1C. The molecule has 1 aromatic heterocycles. The third-order valence-corrected chi connectivity index (χ3v) is 8.43. The zero-order chi connectivity index (χ0) is 20.9. The minimum Gasteiger partial charge on any atom is -0.465 e. The van der Waals surface area contributed by atoms with E-state index in [-0.39, 0.29) is 28.4 Å². The van der Waals surface area contributed by atoms with Gasteiger partial charge in [-0.1, -0.05) is 0 Å². The van der Waals surface area contributed by atoms with Gasteiger partial charge < -0.3 is 15.8 Å². The smallest absolute Gasteiger partial charge is 0.341 e. The van der Waals surface area contributed by atoms with Crippen LogP contribution in [0.25, 0.3) is 0 Å². The summed E-state index contributed by atoms with van der Waals surface area (Å²) in [4.78, 5) is 39.2. The van der Waals surface area contributed by atoms with Gasteiger partial charge in [-0.3, -0.25) is 14.5 Å². The number of likely N-dealkylation sites (N-methyl/N-ethyl adjacent to an activating group) is 1. The van der Waals surface area contributed by atoms with Gasteiger partial charge in [-0.05, 0) is 75.8 Å². The van der Waals surface area contributed by atoms with E-state index in [4.69, 9.17) is 10.5 Å². The van der Waals surface area contributed by atoms with Gasteiger partial charge in [0.1, 0.15) is 5.00 Å². The number of hydrogen-bond acceptors (Lipinski definition) is 6. The third kappa shape index (κ3) is 3.57. The van der Waals surface area contributed by atoms with Crippen LogP contribution in [0.2, 0.25) is 0 Å². The van der Waals surface area contributed by atoms with E-state index < -0.39 is 11.9 Å². The van der Waals surface area contributed by atoms with Crippen molar-refractivity contribution >= 4 is 34.1 Å². The quantitative estimate of drug-likeness (QED) is 0.691. The number of amides is 2. The van der Waals surface area contributed by atoms with E-state index >= 15 is 0 Å². The molecule has 8 heteroatoms. The first-order valence-electron chi connectivity index (χ1n) is 10.2. The maximum Gasteiger partial charge on any atom is 0.341 e. The van der Waals surface area contributed by atoms with Gasteiger partial charge in [0.05, 0.1) is 24.1 Å². The lowest BCUT2D eigenvalue weighted by atomic mass is 9.52. The summed E-state index contributed by atoms with van der Waals surface area (Å²) in [6, 6.07) is 0. The van der Waals surface area contributed by atoms with Gasteiger partial charge in [-0.15, -0.1) is 11.3 Å². The molecule has 0 unspecified atom stereocenters. The first-order chi connectivity index (χ1) is 13.7. The number of hydrogen-bond donors (Lipinski definition) is 2. The molecule has 4 fully saturated rings. The van der Waals surface area contributed by atoms with Gasteiger partial charge in [0, 0.05) is 5.54 Å². The standard InChI is InChI=1S/C21H29N3O4S/c1-11-16(20(27)28-3)19(29-17(11)18(22)26)23-15(25)10-24(2)21-7-12-4-13(8-21)6-14(5-12)9-21/h12-14H,4-10H2,1-3H3,(H2,22,26)(H,23,25). The number of esters is 1. The van der Waals surface area contributed by atoms with E-state index in [9.17, 15) is 14.4 Å². The lowest BCUT2D eigenvalue weighted by Crippen LogP contribution is -2.59. The van der Waals surface area contributed by atoms with Crippen molar-refractivity contribution in [2.45, 2.75) is 51.0 Å². The molecule has 158 valence electrons. The molecule has 0 spiro atoms. The number of nitrogens with one attached hydrogen (secondary N) is 1. The molecule has 4 bridgehead atoms. The highest BCUT2D eigenvalue weighted by Crippen LogP contribution is 2.57. The van der Waals surface area contributed by atoms with E-state index in [0.717, 1.165) is 29.1 Å². The Morgan fingerprint density at radius 1 is 1.17 bits per heavy atom. The predicted octanol–water partition coefficient (Wildman–Crippen LogP) is 2.78. The summed E-state index contributed by atoms with van der Waals surface area (Å²) >= 11 is 1.03. The zero-order valence-corrected chi connectivity index (χ0v) is 18.1. The monoisotopic (exact) mass is 419 g/mol. The lowest BCUT2D eigenvalue weighted by molar-refractivity contribution is -0.123. The molecule has 5 rings (SSSR count). The molecule has 0 atom stereocenters. The van der Waals surface area contributed by atoms with Crippen molar-refractivity contribution in [3.05, 3.63) is 16.0 Å². The van der Waals surface area contributed by atoms with Crippen molar-refractivity contribution < 1.29 is 19.1 Å². The molecular formula is C21H29N3O4S. The molecule has 1 heterocycles. The Morgan fingerprint density at radius 3 is 2.21 bits per heavy atom. The summed E-state index contributed by atoms with van der Waals surface area (Å²) in [7, 11) is 3.32. The van der Waals surface area contributed by atoms with Crippen LogP contribution in [-0.2, 0) is 9.53 Å². The van der Waals surface area contributed by atoms with Gasteiger partial charge in [0.25, 0.3) is 5.91 Å². The van der Waals surface area contributed by atoms with E-state index in [0.29, 0.717) is 10.6 Å². The summed E-state index contributed by atoms with van der Waals surface area (Å²) in [5.74, 6) is 1.01. The number of nitrogens with zero attached hydrogens (tertiary/aromatic N) is 1. The average molecular weight is 420 g/mol. The van der Waals surface area contributed by atoms with E-state index in [2.05, 4.69) is 10.2 Å². The fourth-order valence-corrected chi connectivity index (χ4v) is 7.33. The average Bonchev–Trinajstić information content (AvgIpc) is 2.96. The van der Waals surface area contributed by atoms with Crippen LogP contribution >= 0.6 is 11.3 Å². The van der Waals surface area contributed by atoms with Crippen molar-refractivity contribution in [1.82, 2.24) is 4.90 Å². The van der Waals surface area contributed by atoms with Crippen LogP contribution in [0.5, 0.6) is 0 Å². The Balaban J connectivity index is 1.49. The molecular weight excluding hydrogens is 390 g/mol. The normalized spacial score (nSPS) is 29.9. The van der Waals surface area contributed by atoms with Crippen LogP contribution in [0.1, 0.15) is 64.1 Å². The summed E-state index contributed by atoms with van der Waals surface area (Å²) in [5, 5.41) is 3.16. The maximum absolute atomic E-state index is 12.9. The number of anilines is 1. The number of ether oxygens (including phenoxy) is 1. The lowest BCUT2D eigenvalue weighted by Gasteiger charge is -2.59. The summed E-state index contributed by atoms with van der Waals surface area (Å²) in [6.07, 6.45) is 7.60. The van der Waals surface area contributed by atoms with Crippen LogP contribution in [0.3, 0.4) is 0 Å². The molecule has 0 aromatic carbocycles. The van der Waals surface area contributed by atoms with Crippen molar-refractivity contribution in [2.24, 2.45) is 23.5 Å². The summed E-state index contributed by atoms with van der Waals surface area (Å²) < 4.78 is 4.83. The van der Waals surface area contributed by atoms with Crippen molar-refractivity contribution in [3.8, 4) is 0 Å². The molecule has 7 nitrogen and oxygen atoms in total. The minimum absolute atomic E-state index is 0.126. The van der Waals surface area contributed by atoms with Crippen LogP contribution in [0.4, 0.5) is 5.00 Å².